The molecule has 1 fully saturated rings. The number of halogens is 1. The van der Waals surface area contributed by atoms with Crippen molar-refractivity contribution in [2.45, 2.75) is 75.4 Å². The van der Waals surface area contributed by atoms with E-state index in [9.17, 15) is 18.0 Å². The van der Waals surface area contributed by atoms with E-state index in [4.69, 9.17) is 11.6 Å². The molecule has 0 aromatic heterocycles. The fraction of sp³-hybridized carbons (Fsp3) is 0.481. The summed E-state index contributed by atoms with van der Waals surface area (Å²) in [5, 5.41) is 3.72. The molecule has 7 nitrogen and oxygen atoms in total. The van der Waals surface area contributed by atoms with Gasteiger partial charge in [0.05, 0.1) is 4.90 Å². The summed E-state index contributed by atoms with van der Waals surface area (Å²) in [4.78, 5) is 28.2. The second-order valence-corrected chi connectivity index (χ2v) is 11.9. The van der Waals surface area contributed by atoms with E-state index in [2.05, 4.69) is 5.32 Å². The minimum atomic E-state index is -3.62. The third kappa shape index (κ3) is 7.79. The molecule has 36 heavy (non-hydrogen) atoms. The molecule has 0 heterocycles. The summed E-state index contributed by atoms with van der Waals surface area (Å²) in [5.74, 6) is -0.352. The summed E-state index contributed by atoms with van der Waals surface area (Å²) in [6.07, 6.45) is 5.80. The summed E-state index contributed by atoms with van der Waals surface area (Å²) in [6.45, 7) is 2.21. The van der Waals surface area contributed by atoms with Crippen molar-refractivity contribution in [1.82, 2.24) is 14.5 Å². The van der Waals surface area contributed by atoms with Gasteiger partial charge in [0.1, 0.15) is 6.04 Å². The van der Waals surface area contributed by atoms with Crippen LogP contribution in [0.5, 0.6) is 0 Å². The van der Waals surface area contributed by atoms with Gasteiger partial charge in [0.15, 0.2) is 0 Å². The highest BCUT2D eigenvalue weighted by molar-refractivity contribution is 7.89. The number of rotatable bonds is 11. The number of nitrogens with zero attached hydrogens (tertiary/aromatic N) is 2. The monoisotopic (exact) mass is 533 g/mol. The second-order valence-electron chi connectivity index (χ2n) is 9.41. The van der Waals surface area contributed by atoms with E-state index in [1.165, 1.54) is 17.8 Å². The molecular formula is C27H36ClN3O4S. The van der Waals surface area contributed by atoms with Crippen molar-refractivity contribution in [2.24, 2.45) is 0 Å². The average molecular weight is 534 g/mol. The third-order valence-electron chi connectivity index (χ3n) is 6.70. The van der Waals surface area contributed by atoms with Crippen molar-refractivity contribution in [2.75, 3.05) is 13.6 Å². The van der Waals surface area contributed by atoms with Crippen LogP contribution in [0.1, 0.15) is 57.4 Å². The van der Waals surface area contributed by atoms with Gasteiger partial charge >= 0.3 is 0 Å². The Kier molecular flexibility index (Phi) is 10.3. The van der Waals surface area contributed by atoms with Crippen molar-refractivity contribution in [3.05, 3.63) is 65.2 Å². The van der Waals surface area contributed by atoms with Crippen molar-refractivity contribution < 1.29 is 18.0 Å². The van der Waals surface area contributed by atoms with Crippen LogP contribution in [0.2, 0.25) is 5.02 Å². The van der Waals surface area contributed by atoms with Gasteiger partial charge in [-0.05, 0) is 56.0 Å². The molecule has 0 spiro atoms. The van der Waals surface area contributed by atoms with Crippen molar-refractivity contribution in [1.29, 1.82) is 0 Å². The molecule has 2 amide bonds. The van der Waals surface area contributed by atoms with Crippen LogP contribution in [0.3, 0.4) is 0 Å². The van der Waals surface area contributed by atoms with Crippen molar-refractivity contribution >= 4 is 33.4 Å². The maximum absolute atomic E-state index is 13.3. The molecule has 9 heteroatoms. The second kappa shape index (κ2) is 13.2. The summed E-state index contributed by atoms with van der Waals surface area (Å²) < 4.78 is 26.8. The molecular weight excluding hydrogens is 498 g/mol. The largest absolute Gasteiger partial charge is 0.352 e. The molecule has 2 aromatic carbocycles. The van der Waals surface area contributed by atoms with Crippen molar-refractivity contribution in [3.8, 4) is 0 Å². The Morgan fingerprint density at radius 1 is 1.03 bits per heavy atom. The van der Waals surface area contributed by atoms with Crippen LogP contribution in [-0.2, 0) is 26.2 Å². The lowest BCUT2D eigenvalue weighted by molar-refractivity contribution is -0.141. The highest BCUT2D eigenvalue weighted by atomic mass is 35.5. The zero-order valence-electron chi connectivity index (χ0n) is 21.0. The molecule has 1 saturated carbocycles. The van der Waals surface area contributed by atoms with Gasteiger partial charge in [-0.2, -0.15) is 0 Å². The first-order valence-corrected chi connectivity index (χ1v) is 14.4. The number of benzene rings is 2. The van der Waals surface area contributed by atoms with Gasteiger partial charge in [0.2, 0.25) is 21.8 Å². The molecule has 1 aliphatic rings. The van der Waals surface area contributed by atoms with E-state index in [0.29, 0.717) is 11.4 Å². The van der Waals surface area contributed by atoms with Crippen LogP contribution in [0.15, 0.2) is 59.5 Å². The fourth-order valence-corrected chi connectivity index (χ4v) is 5.78. The van der Waals surface area contributed by atoms with Crippen molar-refractivity contribution in [3.63, 3.8) is 0 Å². The maximum atomic E-state index is 13.3. The highest BCUT2D eigenvalue weighted by Gasteiger charge is 2.28. The van der Waals surface area contributed by atoms with Crippen LogP contribution < -0.4 is 5.32 Å². The van der Waals surface area contributed by atoms with E-state index in [1.807, 2.05) is 12.1 Å². The molecule has 1 unspecified atom stereocenters. The molecule has 196 valence electrons. The van der Waals surface area contributed by atoms with Crippen LogP contribution in [0, 0.1) is 0 Å². The minimum Gasteiger partial charge on any atom is -0.352 e. The highest BCUT2D eigenvalue weighted by Crippen LogP contribution is 2.20. The predicted molar refractivity (Wildman–Crippen MR) is 142 cm³/mol. The SMILES string of the molecule is CC(C(=O)NC1CCCCC1)N(Cc1ccc(Cl)cc1)C(=O)CCCN(C)S(=O)(=O)c1ccccc1. The van der Waals surface area contributed by atoms with Gasteiger partial charge in [-0.3, -0.25) is 9.59 Å². The van der Waals surface area contributed by atoms with E-state index in [0.717, 1.165) is 31.2 Å². The number of hydrogen-bond donors (Lipinski definition) is 1. The zero-order valence-corrected chi connectivity index (χ0v) is 22.6. The number of carbonyl (C=O) groups excluding carboxylic acids is 2. The summed E-state index contributed by atoms with van der Waals surface area (Å²) >= 11 is 6.01. The number of carbonyl (C=O) groups is 2. The molecule has 1 aliphatic carbocycles. The van der Waals surface area contributed by atoms with E-state index < -0.39 is 16.1 Å². The Bertz CT molecular complexity index is 1100. The summed E-state index contributed by atoms with van der Waals surface area (Å²) in [5.41, 5.74) is 0.869. The Morgan fingerprint density at radius 2 is 1.67 bits per heavy atom. The van der Waals surface area contributed by atoms with Gasteiger partial charge in [0.25, 0.3) is 0 Å². The molecule has 1 atom stereocenters. The lowest BCUT2D eigenvalue weighted by atomic mass is 9.95. The molecule has 0 saturated heterocycles. The normalized spacial score (nSPS) is 15.4. The topological polar surface area (TPSA) is 86.8 Å². The van der Waals surface area contributed by atoms with E-state index in [-0.39, 0.29) is 42.3 Å². The first-order chi connectivity index (χ1) is 17.2. The fourth-order valence-electron chi connectivity index (χ4n) is 4.43. The minimum absolute atomic E-state index is 0.128. The maximum Gasteiger partial charge on any atom is 0.242 e. The predicted octanol–water partition coefficient (Wildman–Crippen LogP) is 4.61. The lowest BCUT2D eigenvalue weighted by Crippen LogP contribution is -2.50. The molecule has 0 aliphatic heterocycles. The van der Waals surface area contributed by atoms with Crippen LogP contribution in [0.25, 0.3) is 0 Å². The number of nitrogens with one attached hydrogen (secondary N) is 1. The van der Waals surface area contributed by atoms with Gasteiger partial charge in [-0.25, -0.2) is 12.7 Å². The number of hydrogen-bond acceptors (Lipinski definition) is 4. The third-order valence-corrected chi connectivity index (χ3v) is 8.82. The molecule has 1 N–H and O–H groups in total. The number of sulfonamides is 1. The van der Waals surface area contributed by atoms with E-state index in [1.54, 1.807) is 54.3 Å². The van der Waals surface area contributed by atoms with E-state index >= 15 is 0 Å². The molecule has 0 bridgehead atoms. The molecule has 2 aromatic rings. The summed E-state index contributed by atoms with van der Waals surface area (Å²) in [7, 11) is -2.11. The standard InChI is InChI=1S/C27H36ClN3O4S/c1-21(27(33)29-24-10-5-3-6-11-24)31(20-22-15-17-23(28)18-16-22)26(32)14-9-19-30(2)36(34,35)25-12-7-4-8-13-25/h4,7-8,12-13,15-18,21,24H,3,5-6,9-11,14,19-20H2,1-2H3,(H,29,33). The molecule has 3 rings (SSSR count). The number of amides is 2. The Morgan fingerprint density at radius 3 is 2.31 bits per heavy atom. The average Bonchev–Trinajstić information content (AvgIpc) is 2.88. The zero-order chi connectivity index (χ0) is 26.1. The van der Waals surface area contributed by atoms with Crippen LogP contribution >= 0.6 is 11.6 Å². The summed E-state index contributed by atoms with van der Waals surface area (Å²) in [6, 6.07) is 14.9. The first kappa shape index (κ1) is 28.2. The Labute approximate surface area is 219 Å². The Hall–Kier alpha value is -2.42. The lowest BCUT2D eigenvalue weighted by Gasteiger charge is -2.31. The first-order valence-electron chi connectivity index (χ1n) is 12.5. The van der Waals surface area contributed by atoms with Crippen LogP contribution in [-0.4, -0.2) is 55.1 Å². The van der Waals surface area contributed by atoms with Crippen LogP contribution in [0.4, 0.5) is 0 Å². The quantitative estimate of drug-likeness (QED) is 0.457. The van der Waals surface area contributed by atoms with Gasteiger partial charge in [-0.15, -0.1) is 0 Å². The smallest absolute Gasteiger partial charge is 0.242 e. The Balaban J connectivity index is 1.64. The molecule has 0 radical (unpaired) electrons. The van der Waals surface area contributed by atoms with Gasteiger partial charge in [0, 0.05) is 37.6 Å². The van der Waals surface area contributed by atoms with Gasteiger partial charge < -0.3 is 10.2 Å². The van der Waals surface area contributed by atoms with Gasteiger partial charge in [-0.1, -0.05) is 61.2 Å².